The molecule has 8 heteroatoms. The number of rotatable bonds is 3. The fraction of sp³-hybridized carbons (Fsp3) is 0.167. The number of nitrogens with zero attached hydrogens (tertiary/aromatic N) is 5. The highest BCUT2D eigenvalue weighted by Gasteiger charge is 2.19. The van der Waals surface area contributed by atoms with Crippen molar-refractivity contribution in [3.63, 3.8) is 0 Å². The molecule has 0 saturated carbocycles. The molecule has 0 saturated heterocycles. The number of nitrogens with one attached hydrogen (secondary N) is 1. The van der Waals surface area contributed by atoms with Gasteiger partial charge in [0.2, 0.25) is 5.13 Å². The summed E-state index contributed by atoms with van der Waals surface area (Å²) in [6.07, 6.45) is 0. The largest absolute Gasteiger partial charge is 0.297 e. The molecule has 1 aromatic carbocycles. The van der Waals surface area contributed by atoms with E-state index in [4.69, 9.17) is 0 Å². The second-order valence-electron chi connectivity index (χ2n) is 5.96. The van der Waals surface area contributed by atoms with Gasteiger partial charge in [0.05, 0.1) is 16.6 Å². The van der Waals surface area contributed by atoms with Crippen LogP contribution in [0.15, 0.2) is 36.4 Å². The summed E-state index contributed by atoms with van der Waals surface area (Å²) in [7, 11) is 1.82. The number of benzene rings is 1. The Balaban J connectivity index is 1.68. The molecule has 0 unspecified atom stereocenters. The minimum atomic E-state index is -0.243. The average molecular weight is 364 g/mol. The molecule has 0 aliphatic rings. The van der Waals surface area contributed by atoms with E-state index in [1.807, 2.05) is 51.2 Å². The molecule has 0 atom stereocenters. The van der Waals surface area contributed by atoms with E-state index in [-0.39, 0.29) is 5.91 Å². The van der Waals surface area contributed by atoms with Crippen LogP contribution in [0.25, 0.3) is 22.4 Å². The zero-order chi connectivity index (χ0) is 18.3. The predicted octanol–water partition coefficient (Wildman–Crippen LogP) is 3.36. The molecule has 3 aromatic heterocycles. The molecule has 4 aromatic rings. The lowest BCUT2D eigenvalue weighted by atomic mass is 10.1. The monoisotopic (exact) mass is 364 g/mol. The summed E-state index contributed by atoms with van der Waals surface area (Å²) in [5.41, 5.74) is 3.66. The van der Waals surface area contributed by atoms with Gasteiger partial charge in [-0.2, -0.15) is 14.5 Å². The number of pyridine rings is 1. The molecule has 0 radical (unpaired) electrons. The van der Waals surface area contributed by atoms with Crippen molar-refractivity contribution in [3.05, 3.63) is 53.3 Å². The van der Waals surface area contributed by atoms with Crippen molar-refractivity contribution in [3.8, 4) is 11.4 Å². The molecule has 1 N–H and O–H groups in total. The van der Waals surface area contributed by atoms with Crippen molar-refractivity contribution in [2.75, 3.05) is 5.32 Å². The SMILES string of the molecule is Cc1cc(C(=O)Nc2nc(-c3ccccc3)ns2)c2c(C)nn(C)c2n1. The summed E-state index contributed by atoms with van der Waals surface area (Å²) < 4.78 is 6.01. The Morgan fingerprint density at radius 1 is 1.15 bits per heavy atom. The number of hydrogen-bond acceptors (Lipinski definition) is 6. The third-order valence-electron chi connectivity index (χ3n) is 4.02. The van der Waals surface area contributed by atoms with Crippen LogP contribution in [0.5, 0.6) is 0 Å². The minimum absolute atomic E-state index is 0.243. The van der Waals surface area contributed by atoms with E-state index in [1.54, 1.807) is 10.7 Å². The molecule has 26 heavy (non-hydrogen) atoms. The number of aromatic nitrogens is 5. The van der Waals surface area contributed by atoms with Gasteiger partial charge in [0, 0.05) is 29.8 Å². The van der Waals surface area contributed by atoms with Gasteiger partial charge in [-0.05, 0) is 19.9 Å². The number of carbonyl (C=O) groups is 1. The zero-order valence-electron chi connectivity index (χ0n) is 14.5. The van der Waals surface area contributed by atoms with Crippen LogP contribution in [0.4, 0.5) is 5.13 Å². The first-order valence-corrected chi connectivity index (χ1v) is 8.81. The molecular formula is C18H16N6OS. The summed E-state index contributed by atoms with van der Waals surface area (Å²) in [6.45, 7) is 3.73. The number of carbonyl (C=O) groups excluding carboxylic acids is 1. The number of amides is 1. The maximum atomic E-state index is 12.9. The summed E-state index contributed by atoms with van der Waals surface area (Å²) in [4.78, 5) is 21.8. The third-order valence-corrected chi connectivity index (χ3v) is 4.65. The molecule has 1 amide bonds. The molecule has 130 valence electrons. The third kappa shape index (κ3) is 2.84. The van der Waals surface area contributed by atoms with E-state index in [2.05, 4.69) is 24.8 Å². The lowest BCUT2D eigenvalue weighted by molar-refractivity contribution is 0.102. The Labute approximate surface area is 153 Å². The normalized spacial score (nSPS) is 11.0. The standard InChI is InChI=1S/C18H16N6OS/c1-10-9-13(14-11(2)22-24(3)16(14)19-10)17(25)21-18-20-15(23-26-18)12-7-5-4-6-8-12/h4-9H,1-3H3,(H,20,21,23,25). The molecule has 0 aliphatic heterocycles. The van der Waals surface area contributed by atoms with Crippen LogP contribution in [-0.4, -0.2) is 30.0 Å². The van der Waals surface area contributed by atoms with Gasteiger partial charge in [0.15, 0.2) is 11.5 Å². The molecule has 0 fully saturated rings. The van der Waals surface area contributed by atoms with Gasteiger partial charge < -0.3 is 0 Å². The van der Waals surface area contributed by atoms with Crippen LogP contribution in [0.3, 0.4) is 0 Å². The smallest absolute Gasteiger partial charge is 0.258 e. The Morgan fingerprint density at radius 3 is 2.69 bits per heavy atom. The van der Waals surface area contributed by atoms with E-state index in [1.165, 1.54) is 0 Å². The molecule has 0 bridgehead atoms. The van der Waals surface area contributed by atoms with Gasteiger partial charge in [0.1, 0.15) is 0 Å². The molecule has 4 rings (SSSR count). The van der Waals surface area contributed by atoms with E-state index in [0.717, 1.165) is 33.9 Å². The lowest BCUT2D eigenvalue weighted by Gasteiger charge is -2.05. The highest BCUT2D eigenvalue weighted by Crippen LogP contribution is 2.24. The van der Waals surface area contributed by atoms with Gasteiger partial charge in [0.25, 0.3) is 5.91 Å². The van der Waals surface area contributed by atoms with Crippen molar-refractivity contribution in [1.82, 2.24) is 24.1 Å². The summed E-state index contributed by atoms with van der Waals surface area (Å²) >= 11 is 1.16. The van der Waals surface area contributed by atoms with Crippen molar-refractivity contribution in [2.45, 2.75) is 13.8 Å². The van der Waals surface area contributed by atoms with Crippen molar-refractivity contribution < 1.29 is 4.79 Å². The first-order valence-electron chi connectivity index (χ1n) is 8.04. The Bertz CT molecular complexity index is 1120. The van der Waals surface area contributed by atoms with Crippen LogP contribution < -0.4 is 5.32 Å². The fourth-order valence-corrected chi connectivity index (χ4v) is 3.48. The molecule has 7 nitrogen and oxygen atoms in total. The zero-order valence-corrected chi connectivity index (χ0v) is 15.3. The van der Waals surface area contributed by atoms with Gasteiger partial charge in [-0.15, -0.1) is 0 Å². The van der Waals surface area contributed by atoms with Crippen molar-refractivity contribution in [2.24, 2.45) is 7.05 Å². The van der Waals surface area contributed by atoms with Gasteiger partial charge in [-0.3, -0.25) is 14.8 Å². The summed E-state index contributed by atoms with van der Waals surface area (Å²) in [5.74, 6) is 0.354. The summed E-state index contributed by atoms with van der Waals surface area (Å²) in [5, 5.41) is 8.43. The van der Waals surface area contributed by atoms with Crippen molar-refractivity contribution in [1.29, 1.82) is 0 Å². The topological polar surface area (TPSA) is 85.6 Å². The molecular weight excluding hydrogens is 348 g/mol. The van der Waals surface area contributed by atoms with Crippen LogP contribution >= 0.6 is 11.5 Å². The maximum Gasteiger partial charge on any atom is 0.258 e. The van der Waals surface area contributed by atoms with Gasteiger partial charge in [-0.1, -0.05) is 30.3 Å². The Kier molecular flexibility index (Phi) is 3.96. The Morgan fingerprint density at radius 2 is 1.92 bits per heavy atom. The van der Waals surface area contributed by atoms with E-state index in [0.29, 0.717) is 22.2 Å². The molecule has 0 spiro atoms. The molecule has 3 heterocycles. The predicted molar refractivity (Wildman–Crippen MR) is 101 cm³/mol. The second kappa shape index (κ2) is 6.30. The highest BCUT2D eigenvalue weighted by atomic mass is 32.1. The number of aryl methyl sites for hydroxylation is 3. The van der Waals surface area contributed by atoms with Gasteiger partial charge >= 0.3 is 0 Å². The first kappa shape index (κ1) is 16.3. The first-order chi connectivity index (χ1) is 12.5. The van der Waals surface area contributed by atoms with Crippen LogP contribution in [0, 0.1) is 13.8 Å². The maximum absolute atomic E-state index is 12.9. The van der Waals surface area contributed by atoms with E-state index in [9.17, 15) is 4.79 Å². The van der Waals surface area contributed by atoms with Crippen LogP contribution in [0.2, 0.25) is 0 Å². The van der Waals surface area contributed by atoms with E-state index >= 15 is 0 Å². The van der Waals surface area contributed by atoms with Crippen LogP contribution in [-0.2, 0) is 7.05 Å². The second-order valence-corrected chi connectivity index (χ2v) is 6.71. The Hall–Kier alpha value is -3.13. The van der Waals surface area contributed by atoms with Crippen molar-refractivity contribution >= 4 is 33.6 Å². The average Bonchev–Trinajstić information content (AvgIpc) is 3.20. The fourth-order valence-electron chi connectivity index (χ4n) is 2.89. The van der Waals surface area contributed by atoms with Crippen LogP contribution in [0.1, 0.15) is 21.7 Å². The minimum Gasteiger partial charge on any atom is -0.297 e. The highest BCUT2D eigenvalue weighted by molar-refractivity contribution is 7.10. The quantitative estimate of drug-likeness (QED) is 0.602. The summed E-state index contributed by atoms with van der Waals surface area (Å²) in [6, 6.07) is 11.4. The number of hydrogen-bond donors (Lipinski definition) is 1. The number of fused-ring (bicyclic) bond motifs is 1. The molecule has 0 aliphatic carbocycles. The van der Waals surface area contributed by atoms with Gasteiger partial charge in [-0.25, -0.2) is 4.98 Å². The lowest BCUT2D eigenvalue weighted by Crippen LogP contribution is -2.13. The van der Waals surface area contributed by atoms with E-state index < -0.39 is 0 Å². The number of anilines is 1.